The summed E-state index contributed by atoms with van der Waals surface area (Å²) in [6.07, 6.45) is -0.560. The second-order valence-electron chi connectivity index (χ2n) is 5.03. The van der Waals surface area contributed by atoms with Gasteiger partial charge in [-0.3, -0.25) is 4.79 Å². The van der Waals surface area contributed by atoms with Crippen LogP contribution in [0.1, 0.15) is 18.1 Å². The van der Waals surface area contributed by atoms with Crippen LogP contribution in [0, 0.1) is 13.8 Å². The maximum Gasteiger partial charge on any atom is 0.265 e. The van der Waals surface area contributed by atoms with E-state index in [1.807, 2.05) is 56.3 Å². The number of hydrogen-bond acceptors (Lipinski definition) is 2. The summed E-state index contributed by atoms with van der Waals surface area (Å²) in [5, 5.41) is 2.84. The Bertz CT molecular complexity index is 638. The van der Waals surface area contributed by atoms with Crippen molar-refractivity contribution in [2.24, 2.45) is 0 Å². The number of ether oxygens (including phenoxy) is 1. The average molecular weight is 348 g/mol. The second kappa shape index (κ2) is 6.76. The van der Waals surface area contributed by atoms with Gasteiger partial charge in [-0.15, -0.1) is 0 Å². The highest BCUT2D eigenvalue weighted by atomic mass is 79.9. The summed E-state index contributed by atoms with van der Waals surface area (Å²) in [7, 11) is 0. The molecule has 0 saturated heterocycles. The first-order valence-corrected chi connectivity index (χ1v) is 7.55. The predicted molar refractivity (Wildman–Crippen MR) is 88.8 cm³/mol. The fourth-order valence-electron chi connectivity index (χ4n) is 1.95. The van der Waals surface area contributed by atoms with Crippen LogP contribution in [0.3, 0.4) is 0 Å². The molecule has 1 amide bonds. The maximum atomic E-state index is 12.1. The molecular weight excluding hydrogens is 330 g/mol. The predicted octanol–water partition coefficient (Wildman–Crippen LogP) is 4.47. The van der Waals surface area contributed by atoms with Gasteiger partial charge in [-0.05, 0) is 56.7 Å². The Kier molecular flexibility index (Phi) is 5.02. The van der Waals surface area contributed by atoms with E-state index >= 15 is 0 Å². The van der Waals surface area contributed by atoms with E-state index in [4.69, 9.17) is 4.74 Å². The number of amides is 1. The van der Waals surface area contributed by atoms with Gasteiger partial charge in [-0.25, -0.2) is 0 Å². The number of hydrogen-bond donors (Lipinski definition) is 1. The third-order valence-corrected chi connectivity index (χ3v) is 3.64. The number of rotatable bonds is 4. The summed E-state index contributed by atoms with van der Waals surface area (Å²) in [5.74, 6) is 0.566. The summed E-state index contributed by atoms with van der Waals surface area (Å²) in [5.41, 5.74) is 2.95. The van der Waals surface area contributed by atoms with Crippen molar-refractivity contribution in [1.29, 1.82) is 0 Å². The molecule has 2 aromatic rings. The van der Waals surface area contributed by atoms with Crippen molar-refractivity contribution in [3.05, 3.63) is 58.1 Å². The van der Waals surface area contributed by atoms with Crippen molar-refractivity contribution in [3.8, 4) is 5.75 Å². The van der Waals surface area contributed by atoms with Gasteiger partial charge in [0, 0.05) is 10.2 Å². The highest BCUT2D eigenvalue weighted by Gasteiger charge is 2.15. The first kappa shape index (κ1) is 15.6. The Hall–Kier alpha value is -1.81. The Balaban J connectivity index is 2.00. The summed E-state index contributed by atoms with van der Waals surface area (Å²) in [6.45, 7) is 5.75. The molecule has 110 valence electrons. The molecule has 4 heteroatoms. The van der Waals surface area contributed by atoms with Crippen LogP contribution in [0.25, 0.3) is 0 Å². The van der Waals surface area contributed by atoms with Gasteiger partial charge in [0.15, 0.2) is 6.10 Å². The molecule has 0 aliphatic carbocycles. The number of halogens is 1. The van der Waals surface area contributed by atoms with Gasteiger partial charge < -0.3 is 10.1 Å². The SMILES string of the molecule is Cc1ccc(OC(C)C(=O)Nc2ccc(Br)cc2)c(C)c1. The van der Waals surface area contributed by atoms with E-state index in [9.17, 15) is 4.79 Å². The molecule has 3 nitrogen and oxygen atoms in total. The molecule has 0 saturated carbocycles. The molecule has 0 aliphatic rings. The minimum absolute atomic E-state index is 0.169. The summed E-state index contributed by atoms with van der Waals surface area (Å²) >= 11 is 3.36. The average Bonchev–Trinajstić information content (AvgIpc) is 2.44. The number of benzene rings is 2. The molecule has 2 rings (SSSR count). The Labute approximate surface area is 133 Å². The number of carbonyl (C=O) groups excluding carboxylic acids is 1. The van der Waals surface area contributed by atoms with Crippen LogP contribution in [0.5, 0.6) is 5.75 Å². The molecule has 0 aliphatic heterocycles. The fourth-order valence-corrected chi connectivity index (χ4v) is 2.22. The lowest BCUT2D eigenvalue weighted by molar-refractivity contribution is -0.122. The lowest BCUT2D eigenvalue weighted by Gasteiger charge is -2.16. The standard InChI is InChI=1S/C17H18BrNO2/c1-11-4-9-16(12(2)10-11)21-13(3)17(20)19-15-7-5-14(18)6-8-15/h4-10,13H,1-3H3,(H,19,20). The Morgan fingerprint density at radius 1 is 1.14 bits per heavy atom. The molecule has 0 aromatic heterocycles. The first-order valence-electron chi connectivity index (χ1n) is 6.76. The fraction of sp³-hybridized carbons (Fsp3) is 0.235. The number of carbonyl (C=O) groups is 1. The van der Waals surface area contributed by atoms with E-state index in [1.54, 1.807) is 6.92 Å². The summed E-state index contributed by atoms with van der Waals surface area (Å²) in [6, 6.07) is 13.3. The minimum Gasteiger partial charge on any atom is -0.481 e. The summed E-state index contributed by atoms with van der Waals surface area (Å²) in [4.78, 5) is 12.1. The third kappa shape index (κ3) is 4.33. The maximum absolute atomic E-state index is 12.1. The highest BCUT2D eigenvalue weighted by Crippen LogP contribution is 2.20. The van der Waals surface area contributed by atoms with Gasteiger partial charge >= 0.3 is 0 Å². The van der Waals surface area contributed by atoms with Gasteiger partial charge in [-0.1, -0.05) is 33.6 Å². The molecular formula is C17H18BrNO2. The Morgan fingerprint density at radius 3 is 2.43 bits per heavy atom. The van der Waals surface area contributed by atoms with E-state index in [1.165, 1.54) is 5.56 Å². The molecule has 1 N–H and O–H groups in total. The molecule has 2 aromatic carbocycles. The van der Waals surface area contributed by atoms with E-state index < -0.39 is 6.10 Å². The van der Waals surface area contributed by atoms with Crippen LogP contribution in [-0.2, 0) is 4.79 Å². The zero-order chi connectivity index (χ0) is 15.4. The van der Waals surface area contributed by atoms with E-state index in [0.29, 0.717) is 0 Å². The second-order valence-corrected chi connectivity index (χ2v) is 5.94. The zero-order valence-electron chi connectivity index (χ0n) is 12.3. The van der Waals surface area contributed by atoms with Crippen LogP contribution in [-0.4, -0.2) is 12.0 Å². The molecule has 21 heavy (non-hydrogen) atoms. The highest BCUT2D eigenvalue weighted by molar-refractivity contribution is 9.10. The topological polar surface area (TPSA) is 38.3 Å². The van der Waals surface area contributed by atoms with E-state index in [0.717, 1.165) is 21.5 Å². The van der Waals surface area contributed by atoms with Crippen LogP contribution in [0.4, 0.5) is 5.69 Å². The van der Waals surface area contributed by atoms with Crippen molar-refractivity contribution in [2.75, 3.05) is 5.32 Å². The normalized spacial score (nSPS) is 11.8. The van der Waals surface area contributed by atoms with Gasteiger partial charge in [0.1, 0.15) is 5.75 Å². The van der Waals surface area contributed by atoms with Crippen LogP contribution in [0.15, 0.2) is 46.9 Å². The van der Waals surface area contributed by atoms with Crippen molar-refractivity contribution < 1.29 is 9.53 Å². The van der Waals surface area contributed by atoms with Crippen molar-refractivity contribution in [2.45, 2.75) is 26.9 Å². The number of anilines is 1. The molecule has 0 spiro atoms. The Morgan fingerprint density at radius 2 is 1.81 bits per heavy atom. The molecule has 0 bridgehead atoms. The van der Waals surface area contributed by atoms with Crippen LogP contribution in [0.2, 0.25) is 0 Å². The monoisotopic (exact) mass is 347 g/mol. The lowest BCUT2D eigenvalue weighted by atomic mass is 10.1. The van der Waals surface area contributed by atoms with Gasteiger partial charge in [0.2, 0.25) is 0 Å². The zero-order valence-corrected chi connectivity index (χ0v) is 13.9. The van der Waals surface area contributed by atoms with Crippen molar-refractivity contribution >= 4 is 27.5 Å². The smallest absolute Gasteiger partial charge is 0.265 e. The molecule has 0 heterocycles. The first-order chi connectivity index (χ1) is 9.95. The van der Waals surface area contributed by atoms with Gasteiger partial charge in [0.05, 0.1) is 0 Å². The van der Waals surface area contributed by atoms with Crippen molar-refractivity contribution in [1.82, 2.24) is 0 Å². The van der Waals surface area contributed by atoms with Gasteiger partial charge in [-0.2, -0.15) is 0 Å². The molecule has 1 atom stereocenters. The summed E-state index contributed by atoms with van der Waals surface area (Å²) < 4.78 is 6.71. The number of aryl methyl sites for hydroxylation is 2. The van der Waals surface area contributed by atoms with Crippen molar-refractivity contribution in [3.63, 3.8) is 0 Å². The lowest BCUT2D eigenvalue weighted by Crippen LogP contribution is -2.30. The quantitative estimate of drug-likeness (QED) is 0.885. The van der Waals surface area contributed by atoms with Crippen LogP contribution >= 0.6 is 15.9 Å². The third-order valence-electron chi connectivity index (χ3n) is 3.12. The largest absolute Gasteiger partial charge is 0.481 e. The van der Waals surface area contributed by atoms with Gasteiger partial charge in [0.25, 0.3) is 5.91 Å². The van der Waals surface area contributed by atoms with E-state index in [-0.39, 0.29) is 5.91 Å². The molecule has 0 fully saturated rings. The molecule has 0 radical (unpaired) electrons. The minimum atomic E-state index is -0.560. The number of nitrogens with one attached hydrogen (secondary N) is 1. The van der Waals surface area contributed by atoms with Crippen LogP contribution < -0.4 is 10.1 Å². The van der Waals surface area contributed by atoms with E-state index in [2.05, 4.69) is 21.2 Å². The molecule has 1 unspecified atom stereocenters.